The van der Waals surface area contributed by atoms with Gasteiger partial charge in [-0.25, -0.2) is 9.37 Å². The fraction of sp³-hybridized carbons (Fsp3) is 0. The van der Waals surface area contributed by atoms with E-state index >= 15 is 0 Å². The van der Waals surface area contributed by atoms with Crippen LogP contribution < -0.4 is 0 Å². The number of fused-ring (bicyclic) bond motifs is 1. The van der Waals surface area contributed by atoms with Crippen molar-refractivity contribution < 1.29 is 9.18 Å². The van der Waals surface area contributed by atoms with Crippen molar-refractivity contribution in [3.05, 3.63) is 54.1 Å². The van der Waals surface area contributed by atoms with Gasteiger partial charge in [0.15, 0.2) is 6.29 Å². The number of hydrogen-bond acceptors (Lipinski definition) is 2. The molecule has 0 amide bonds. The van der Waals surface area contributed by atoms with Gasteiger partial charge in [0.1, 0.15) is 11.5 Å². The molecule has 0 bridgehead atoms. The number of halogens is 1. The molecule has 0 saturated heterocycles. The highest BCUT2D eigenvalue weighted by molar-refractivity contribution is 5.97. The van der Waals surface area contributed by atoms with Crippen LogP contribution in [0.5, 0.6) is 0 Å². The first-order valence-electron chi connectivity index (χ1n) is 5.46. The molecule has 2 heterocycles. The van der Waals surface area contributed by atoms with Crippen LogP contribution in [0.3, 0.4) is 0 Å². The lowest BCUT2D eigenvalue weighted by Crippen LogP contribution is -1.83. The molecule has 3 rings (SSSR count). The Hall–Kier alpha value is -2.49. The lowest BCUT2D eigenvalue weighted by molar-refractivity contribution is 0.112. The Labute approximate surface area is 102 Å². The highest BCUT2D eigenvalue weighted by Crippen LogP contribution is 2.24. The quantitative estimate of drug-likeness (QED) is 0.699. The summed E-state index contributed by atoms with van der Waals surface area (Å²) in [7, 11) is 0. The van der Waals surface area contributed by atoms with Crippen molar-refractivity contribution in [1.29, 1.82) is 0 Å². The van der Waals surface area contributed by atoms with Gasteiger partial charge in [-0.2, -0.15) is 0 Å². The molecule has 3 aromatic rings. The van der Waals surface area contributed by atoms with Gasteiger partial charge in [-0.3, -0.25) is 4.79 Å². The van der Waals surface area contributed by atoms with E-state index in [1.54, 1.807) is 24.5 Å². The van der Waals surface area contributed by atoms with Crippen molar-refractivity contribution in [1.82, 2.24) is 9.97 Å². The van der Waals surface area contributed by atoms with Crippen LogP contribution in [0.25, 0.3) is 22.2 Å². The first kappa shape index (κ1) is 10.7. The lowest BCUT2D eigenvalue weighted by Gasteiger charge is -2.01. The Balaban J connectivity index is 2.17. The second-order valence-electron chi connectivity index (χ2n) is 3.99. The van der Waals surface area contributed by atoms with Gasteiger partial charge < -0.3 is 4.98 Å². The number of pyridine rings is 1. The second-order valence-corrected chi connectivity index (χ2v) is 3.99. The third-order valence-corrected chi connectivity index (χ3v) is 2.87. The molecular weight excluding hydrogens is 231 g/mol. The third-order valence-electron chi connectivity index (χ3n) is 2.87. The summed E-state index contributed by atoms with van der Waals surface area (Å²) in [6, 6.07) is 8.04. The van der Waals surface area contributed by atoms with Crippen molar-refractivity contribution >= 4 is 17.3 Å². The molecule has 0 spiro atoms. The number of aromatic amines is 1. The van der Waals surface area contributed by atoms with Gasteiger partial charge in [-0.05, 0) is 23.8 Å². The molecule has 0 atom stereocenters. The molecule has 0 radical (unpaired) electrons. The zero-order valence-electron chi connectivity index (χ0n) is 9.35. The van der Waals surface area contributed by atoms with Crippen LogP contribution in [0, 0.1) is 5.82 Å². The molecule has 2 aromatic heterocycles. The predicted molar refractivity (Wildman–Crippen MR) is 66.9 cm³/mol. The molecule has 1 N–H and O–H groups in total. The average molecular weight is 240 g/mol. The summed E-state index contributed by atoms with van der Waals surface area (Å²) in [5.41, 5.74) is 2.96. The standard InChI is InChI=1S/C14H9FN2O/c15-12-3-1-9(2-4-12)10-5-13-11(8-18)7-17-14(13)16-6-10/h1-8H,(H,16,17). The van der Waals surface area contributed by atoms with Crippen LogP contribution in [0.15, 0.2) is 42.7 Å². The normalized spacial score (nSPS) is 10.7. The zero-order chi connectivity index (χ0) is 12.5. The van der Waals surface area contributed by atoms with E-state index in [1.807, 2.05) is 6.07 Å². The van der Waals surface area contributed by atoms with E-state index in [0.29, 0.717) is 11.2 Å². The summed E-state index contributed by atoms with van der Waals surface area (Å²) >= 11 is 0. The molecule has 4 heteroatoms. The van der Waals surface area contributed by atoms with Crippen LogP contribution in [0.4, 0.5) is 4.39 Å². The first-order valence-corrected chi connectivity index (χ1v) is 5.46. The van der Waals surface area contributed by atoms with E-state index in [1.165, 1.54) is 12.1 Å². The van der Waals surface area contributed by atoms with Gasteiger partial charge >= 0.3 is 0 Å². The lowest BCUT2D eigenvalue weighted by atomic mass is 10.1. The van der Waals surface area contributed by atoms with Gasteiger partial charge in [-0.1, -0.05) is 12.1 Å². The minimum Gasteiger partial charge on any atom is -0.345 e. The van der Waals surface area contributed by atoms with Crippen molar-refractivity contribution in [2.45, 2.75) is 0 Å². The number of aromatic nitrogens is 2. The smallest absolute Gasteiger partial charge is 0.152 e. The van der Waals surface area contributed by atoms with E-state index < -0.39 is 0 Å². The Morgan fingerprint density at radius 2 is 1.94 bits per heavy atom. The van der Waals surface area contributed by atoms with Crippen LogP contribution in [0.2, 0.25) is 0 Å². The maximum absolute atomic E-state index is 12.9. The van der Waals surface area contributed by atoms with E-state index in [0.717, 1.165) is 22.8 Å². The zero-order valence-corrected chi connectivity index (χ0v) is 9.35. The van der Waals surface area contributed by atoms with Gasteiger partial charge in [0.2, 0.25) is 0 Å². The Morgan fingerprint density at radius 3 is 2.67 bits per heavy atom. The number of carbonyl (C=O) groups is 1. The number of nitrogens with one attached hydrogen (secondary N) is 1. The van der Waals surface area contributed by atoms with Gasteiger partial charge in [0.25, 0.3) is 0 Å². The molecule has 0 fully saturated rings. The Bertz CT molecular complexity index is 716. The summed E-state index contributed by atoms with van der Waals surface area (Å²) in [6.07, 6.45) is 4.11. The van der Waals surface area contributed by atoms with Crippen molar-refractivity contribution in [3.63, 3.8) is 0 Å². The largest absolute Gasteiger partial charge is 0.345 e. The first-order chi connectivity index (χ1) is 8.78. The summed E-state index contributed by atoms with van der Waals surface area (Å²) < 4.78 is 12.9. The molecular formula is C14H9FN2O. The predicted octanol–water partition coefficient (Wildman–Crippen LogP) is 3.18. The fourth-order valence-electron chi connectivity index (χ4n) is 1.92. The topological polar surface area (TPSA) is 45.8 Å². The molecule has 0 aliphatic carbocycles. The van der Waals surface area contributed by atoms with E-state index in [-0.39, 0.29) is 5.82 Å². The van der Waals surface area contributed by atoms with Crippen LogP contribution >= 0.6 is 0 Å². The molecule has 0 aliphatic rings. The fourth-order valence-corrected chi connectivity index (χ4v) is 1.92. The number of aldehydes is 1. The van der Waals surface area contributed by atoms with Gasteiger partial charge in [0, 0.05) is 28.9 Å². The van der Waals surface area contributed by atoms with Crippen LogP contribution in [-0.2, 0) is 0 Å². The number of hydrogen-bond donors (Lipinski definition) is 1. The highest BCUT2D eigenvalue weighted by atomic mass is 19.1. The summed E-state index contributed by atoms with van der Waals surface area (Å²) in [4.78, 5) is 18.0. The number of nitrogens with zero attached hydrogens (tertiary/aromatic N) is 1. The molecule has 0 aliphatic heterocycles. The number of H-pyrrole nitrogens is 1. The van der Waals surface area contributed by atoms with Crippen LogP contribution in [0.1, 0.15) is 10.4 Å². The van der Waals surface area contributed by atoms with Crippen molar-refractivity contribution in [2.75, 3.05) is 0 Å². The van der Waals surface area contributed by atoms with Crippen molar-refractivity contribution in [2.24, 2.45) is 0 Å². The minimum absolute atomic E-state index is 0.275. The number of carbonyl (C=O) groups excluding carboxylic acids is 1. The molecule has 18 heavy (non-hydrogen) atoms. The number of benzene rings is 1. The molecule has 0 unspecified atom stereocenters. The molecule has 88 valence electrons. The SMILES string of the molecule is O=Cc1c[nH]c2ncc(-c3ccc(F)cc3)cc12. The second kappa shape index (κ2) is 4.07. The maximum Gasteiger partial charge on any atom is 0.152 e. The highest BCUT2D eigenvalue weighted by Gasteiger charge is 2.06. The van der Waals surface area contributed by atoms with Crippen LogP contribution in [-0.4, -0.2) is 16.3 Å². The van der Waals surface area contributed by atoms with E-state index in [4.69, 9.17) is 0 Å². The minimum atomic E-state index is -0.275. The molecule has 0 saturated carbocycles. The Morgan fingerprint density at radius 1 is 1.17 bits per heavy atom. The average Bonchev–Trinajstić information content (AvgIpc) is 2.81. The maximum atomic E-state index is 12.9. The third kappa shape index (κ3) is 1.68. The Kier molecular flexibility index (Phi) is 2.41. The van der Waals surface area contributed by atoms with Crippen molar-refractivity contribution in [3.8, 4) is 11.1 Å². The van der Waals surface area contributed by atoms with E-state index in [2.05, 4.69) is 9.97 Å². The molecule has 3 nitrogen and oxygen atoms in total. The van der Waals surface area contributed by atoms with E-state index in [9.17, 15) is 9.18 Å². The molecule has 1 aromatic carbocycles. The monoisotopic (exact) mass is 240 g/mol. The van der Waals surface area contributed by atoms with Gasteiger partial charge in [-0.15, -0.1) is 0 Å². The van der Waals surface area contributed by atoms with Gasteiger partial charge in [0.05, 0.1) is 0 Å². The summed E-state index contributed by atoms with van der Waals surface area (Å²) in [6.45, 7) is 0. The summed E-state index contributed by atoms with van der Waals surface area (Å²) in [5, 5.41) is 0.770. The number of rotatable bonds is 2. The summed E-state index contributed by atoms with van der Waals surface area (Å²) in [5.74, 6) is -0.275.